The molecule has 0 unspecified atom stereocenters. The van der Waals surface area contributed by atoms with Crippen LogP contribution in [0.3, 0.4) is 0 Å². The molecule has 3 aromatic rings. The largest absolute Gasteiger partial charge is 0.384 e. The summed E-state index contributed by atoms with van der Waals surface area (Å²) in [6.07, 6.45) is 3.37. The molecule has 0 saturated carbocycles. The summed E-state index contributed by atoms with van der Waals surface area (Å²) in [7, 11) is 1.58. The molecule has 2 amide bonds. The van der Waals surface area contributed by atoms with Crippen LogP contribution in [0.1, 0.15) is 24.0 Å². The molecule has 0 spiro atoms. The zero-order valence-corrected chi connectivity index (χ0v) is 17.1. The molecule has 2 heterocycles. The molecular weight excluding hydrogens is 380 g/mol. The van der Waals surface area contributed by atoms with Crippen LogP contribution in [-0.2, 0) is 33.8 Å². The fourth-order valence-corrected chi connectivity index (χ4v) is 3.83. The van der Waals surface area contributed by atoms with Crippen LogP contribution in [0, 0.1) is 0 Å². The van der Waals surface area contributed by atoms with Crippen molar-refractivity contribution < 1.29 is 14.3 Å². The minimum absolute atomic E-state index is 0.0758. The molecule has 30 heavy (non-hydrogen) atoms. The van der Waals surface area contributed by atoms with Gasteiger partial charge in [0, 0.05) is 38.9 Å². The van der Waals surface area contributed by atoms with Gasteiger partial charge in [-0.25, -0.2) is 4.98 Å². The Balaban J connectivity index is 1.37. The number of carbonyl (C=O) groups is 2. The van der Waals surface area contributed by atoms with E-state index in [1.165, 1.54) is 5.56 Å². The first-order valence-electron chi connectivity index (χ1n) is 10.2. The van der Waals surface area contributed by atoms with Crippen LogP contribution in [0.5, 0.6) is 0 Å². The van der Waals surface area contributed by atoms with Crippen LogP contribution >= 0.6 is 0 Å². The highest BCUT2D eigenvalue weighted by Crippen LogP contribution is 2.23. The van der Waals surface area contributed by atoms with Crippen molar-refractivity contribution in [3.8, 4) is 0 Å². The fraction of sp³-hybridized carbons (Fsp3) is 0.348. The number of benzene rings is 2. The lowest BCUT2D eigenvalue weighted by Crippen LogP contribution is -2.36. The van der Waals surface area contributed by atoms with Crippen molar-refractivity contribution in [1.82, 2.24) is 14.5 Å². The maximum atomic E-state index is 12.8. The third kappa shape index (κ3) is 4.52. The fourth-order valence-electron chi connectivity index (χ4n) is 3.83. The van der Waals surface area contributed by atoms with Gasteiger partial charge in [0.1, 0.15) is 0 Å². The van der Waals surface area contributed by atoms with Crippen molar-refractivity contribution in [2.45, 2.75) is 32.4 Å². The van der Waals surface area contributed by atoms with Gasteiger partial charge in [-0.1, -0.05) is 18.2 Å². The molecule has 1 aliphatic heterocycles. The lowest BCUT2D eigenvalue weighted by molar-refractivity contribution is -0.132. The van der Waals surface area contributed by atoms with Gasteiger partial charge in [0.15, 0.2) is 0 Å². The number of anilines is 1. The van der Waals surface area contributed by atoms with Crippen molar-refractivity contribution in [3.05, 3.63) is 59.9 Å². The number of aromatic nitrogens is 2. The molecule has 4 rings (SSSR count). The van der Waals surface area contributed by atoms with E-state index < -0.39 is 0 Å². The quantitative estimate of drug-likeness (QED) is 0.654. The van der Waals surface area contributed by atoms with Crippen LogP contribution in [0.25, 0.3) is 11.0 Å². The molecule has 1 aliphatic rings. The zero-order chi connectivity index (χ0) is 20.9. The summed E-state index contributed by atoms with van der Waals surface area (Å²) in [5, 5.41) is 2.90. The lowest BCUT2D eigenvalue weighted by Gasteiger charge is -2.29. The number of carbonyl (C=O) groups excluding carboxylic acids is 2. The second-order valence-electron chi connectivity index (χ2n) is 7.52. The van der Waals surface area contributed by atoms with Crippen molar-refractivity contribution in [2.24, 2.45) is 0 Å². The molecule has 0 radical (unpaired) electrons. The first-order valence-corrected chi connectivity index (χ1v) is 10.2. The molecule has 0 saturated heterocycles. The molecule has 156 valence electrons. The lowest BCUT2D eigenvalue weighted by atomic mass is 9.98. The maximum Gasteiger partial charge on any atom is 0.226 e. The summed E-state index contributed by atoms with van der Waals surface area (Å²) in [4.78, 5) is 31.1. The molecule has 0 bridgehead atoms. The van der Waals surface area contributed by atoms with E-state index >= 15 is 0 Å². The van der Waals surface area contributed by atoms with Crippen molar-refractivity contribution in [3.63, 3.8) is 0 Å². The molecule has 7 heteroatoms. The number of nitrogens with zero attached hydrogens (tertiary/aromatic N) is 3. The van der Waals surface area contributed by atoms with E-state index in [9.17, 15) is 9.59 Å². The van der Waals surface area contributed by atoms with Crippen LogP contribution in [0.4, 0.5) is 5.69 Å². The number of ether oxygens (including phenoxy) is 1. The average molecular weight is 406 g/mol. The van der Waals surface area contributed by atoms with Crippen LogP contribution < -0.4 is 5.32 Å². The van der Waals surface area contributed by atoms with Crippen LogP contribution in [-0.4, -0.2) is 46.5 Å². The van der Waals surface area contributed by atoms with Crippen LogP contribution in [0.15, 0.2) is 48.8 Å². The normalized spacial score (nSPS) is 13.3. The molecule has 2 aromatic carbocycles. The monoisotopic (exact) mass is 406 g/mol. The number of aryl methyl sites for hydroxylation is 1. The minimum Gasteiger partial charge on any atom is -0.384 e. The molecule has 7 nitrogen and oxygen atoms in total. The summed E-state index contributed by atoms with van der Waals surface area (Å²) < 4.78 is 6.97. The highest BCUT2D eigenvalue weighted by molar-refractivity contribution is 5.91. The number of para-hydroxylation sites is 2. The maximum absolute atomic E-state index is 12.8. The number of rotatable bonds is 7. The summed E-state index contributed by atoms with van der Waals surface area (Å²) in [6.45, 7) is 2.29. The van der Waals surface area contributed by atoms with E-state index in [-0.39, 0.29) is 11.8 Å². The zero-order valence-electron chi connectivity index (χ0n) is 17.1. The molecule has 0 fully saturated rings. The molecule has 1 N–H and O–H groups in total. The highest BCUT2D eigenvalue weighted by atomic mass is 16.5. The predicted molar refractivity (Wildman–Crippen MR) is 115 cm³/mol. The minimum atomic E-state index is -0.0758. The standard InChI is InChI=1S/C23H26N4O3/c1-30-13-10-22(28)25-19-7-6-17-8-11-26(15-18(17)14-19)23(29)9-12-27-16-24-20-4-2-3-5-21(20)27/h2-7,14,16H,8-13,15H2,1H3,(H,25,28). The van der Waals surface area contributed by atoms with E-state index in [0.29, 0.717) is 32.5 Å². The molecule has 0 aliphatic carbocycles. The van der Waals surface area contributed by atoms with Gasteiger partial charge in [0.05, 0.1) is 30.4 Å². The van der Waals surface area contributed by atoms with E-state index in [2.05, 4.69) is 10.3 Å². The van der Waals surface area contributed by atoms with Crippen molar-refractivity contribution >= 4 is 28.5 Å². The Morgan fingerprint density at radius 3 is 2.87 bits per heavy atom. The molecule has 0 atom stereocenters. The van der Waals surface area contributed by atoms with Gasteiger partial charge in [-0.15, -0.1) is 0 Å². The smallest absolute Gasteiger partial charge is 0.226 e. The van der Waals surface area contributed by atoms with E-state index in [1.54, 1.807) is 13.4 Å². The number of fused-ring (bicyclic) bond motifs is 2. The molecular formula is C23H26N4O3. The number of hydrogen-bond donors (Lipinski definition) is 1. The number of hydrogen-bond acceptors (Lipinski definition) is 4. The summed E-state index contributed by atoms with van der Waals surface area (Å²) in [5.74, 6) is 0.0565. The van der Waals surface area contributed by atoms with Crippen LogP contribution in [0.2, 0.25) is 0 Å². The van der Waals surface area contributed by atoms with Gasteiger partial charge >= 0.3 is 0 Å². The predicted octanol–water partition coefficient (Wildman–Crippen LogP) is 2.99. The van der Waals surface area contributed by atoms with Crippen molar-refractivity contribution in [1.29, 1.82) is 0 Å². The summed E-state index contributed by atoms with van der Waals surface area (Å²) >= 11 is 0. The molecule has 1 aromatic heterocycles. The first kappa shape index (κ1) is 20.1. The third-order valence-electron chi connectivity index (χ3n) is 5.48. The number of amides is 2. The Kier molecular flexibility index (Phi) is 6.09. The second kappa shape index (κ2) is 9.09. The summed E-state index contributed by atoms with van der Waals surface area (Å²) in [5.41, 5.74) is 5.07. The Hall–Kier alpha value is -3.19. The summed E-state index contributed by atoms with van der Waals surface area (Å²) in [6, 6.07) is 13.9. The number of nitrogens with one attached hydrogen (secondary N) is 1. The first-order chi connectivity index (χ1) is 14.6. The van der Waals surface area contributed by atoms with E-state index in [4.69, 9.17) is 4.74 Å². The Labute approximate surface area is 175 Å². The highest BCUT2D eigenvalue weighted by Gasteiger charge is 2.21. The Morgan fingerprint density at radius 2 is 2.00 bits per heavy atom. The van der Waals surface area contributed by atoms with Gasteiger partial charge in [-0.05, 0) is 41.8 Å². The Bertz CT molecular complexity index is 1060. The third-order valence-corrected chi connectivity index (χ3v) is 5.48. The van der Waals surface area contributed by atoms with Crippen molar-refractivity contribution in [2.75, 3.05) is 25.6 Å². The number of methoxy groups -OCH3 is 1. The second-order valence-corrected chi connectivity index (χ2v) is 7.52. The SMILES string of the molecule is COCCC(=O)Nc1ccc2c(c1)CN(C(=O)CCn1cnc3ccccc31)CC2. The van der Waals surface area contributed by atoms with Gasteiger partial charge in [-0.2, -0.15) is 0 Å². The Morgan fingerprint density at radius 1 is 1.13 bits per heavy atom. The van der Waals surface area contributed by atoms with Gasteiger partial charge in [0.25, 0.3) is 0 Å². The van der Waals surface area contributed by atoms with Gasteiger partial charge in [-0.3, -0.25) is 9.59 Å². The topological polar surface area (TPSA) is 76.5 Å². The number of imidazole rings is 1. The van der Waals surface area contributed by atoms with E-state index in [0.717, 1.165) is 35.2 Å². The van der Waals surface area contributed by atoms with Gasteiger partial charge < -0.3 is 19.5 Å². The average Bonchev–Trinajstić information content (AvgIpc) is 3.18. The van der Waals surface area contributed by atoms with E-state index in [1.807, 2.05) is 51.9 Å². The van der Waals surface area contributed by atoms with Gasteiger partial charge in [0.2, 0.25) is 11.8 Å².